The maximum Gasteiger partial charge on any atom is 0.0219 e. The molecule has 46 valence electrons. The minimum absolute atomic E-state index is 0.256. The Labute approximate surface area is 53.0 Å². The average molecular weight is 129 g/mol. The zero-order chi connectivity index (χ0) is 6.41. The van der Waals surface area contributed by atoms with Gasteiger partial charge >= 0.3 is 0 Å². The summed E-state index contributed by atoms with van der Waals surface area (Å²) >= 11 is 0. The summed E-state index contributed by atoms with van der Waals surface area (Å²) < 4.78 is 7.26. The third kappa shape index (κ3) is 3.81. The molecule has 0 aliphatic carbocycles. The summed E-state index contributed by atoms with van der Waals surface area (Å²) in [5.41, 5.74) is 0. The van der Waals surface area contributed by atoms with Crippen LogP contribution in [0.4, 0.5) is 0 Å². The van der Waals surface area contributed by atoms with Crippen molar-refractivity contribution in [3.05, 3.63) is 25.3 Å². The van der Waals surface area contributed by atoms with Crippen molar-refractivity contribution >= 4 is 10.7 Å². The first-order valence-corrected chi connectivity index (χ1v) is 3.98. The molecule has 1 nitrogen and oxygen atoms in total. The van der Waals surface area contributed by atoms with Gasteiger partial charge in [-0.05, 0) is 0 Å². The van der Waals surface area contributed by atoms with Gasteiger partial charge in [0.1, 0.15) is 0 Å². The lowest BCUT2D eigenvalue weighted by Crippen LogP contribution is -1.93. The van der Waals surface area contributed by atoms with Crippen molar-refractivity contribution in [1.82, 2.24) is 0 Å². The molecular weight excluding hydrogens is 118 g/mol. The van der Waals surface area contributed by atoms with E-state index in [4.69, 9.17) is 4.78 Å². The van der Waals surface area contributed by atoms with E-state index in [1.54, 1.807) is 12.2 Å². The van der Waals surface area contributed by atoms with Gasteiger partial charge in [-0.15, -0.1) is 13.2 Å². The minimum Gasteiger partial charge on any atom is -0.280 e. The second-order valence-electron chi connectivity index (χ2n) is 1.40. The fourth-order valence-corrected chi connectivity index (χ4v) is 1.06. The summed E-state index contributed by atoms with van der Waals surface area (Å²) in [4.78, 5) is 0. The summed E-state index contributed by atoms with van der Waals surface area (Å²) in [5.74, 6) is 1.60. The van der Waals surface area contributed by atoms with Gasteiger partial charge in [0.2, 0.25) is 0 Å². The molecule has 0 radical (unpaired) electrons. The van der Waals surface area contributed by atoms with E-state index in [2.05, 4.69) is 13.2 Å². The van der Waals surface area contributed by atoms with Gasteiger partial charge in [-0.25, -0.2) is 0 Å². The Morgan fingerprint density at radius 2 is 1.62 bits per heavy atom. The first kappa shape index (κ1) is 7.63. The molecule has 0 amide bonds. The molecule has 0 aromatic carbocycles. The van der Waals surface area contributed by atoms with Crippen molar-refractivity contribution in [3.63, 3.8) is 0 Å². The third-order valence-corrected chi connectivity index (χ3v) is 1.91. The molecule has 0 saturated carbocycles. The summed E-state index contributed by atoms with van der Waals surface area (Å²) in [6, 6.07) is 0. The van der Waals surface area contributed by atoms with Gasteiger partial charge in [-0.2, -0.15) is 0 Å². The van der Waals surface area contributed by atoms with Crippen LogP contribution in [0.25, 0.3) is 0 Å². The molecule has 0 aliphatic rings. The quantitative estimate of drug-likeness (QED) is 0.559. The van der Waals surface area contributed by atoms with Crippen LogP contribution in [-0.2, 0) is 10.7 Å². The molecule has 0 saturated heterocycles. The lowest BCUT2D eigenvalue weighted by atomic mass is 10.8. The summed E-state index contributed by atoms with van der Waals surface area (Å²) in [7, 11) is -0.256. The van der Waals surface area contributed by atoms with E-state index < -0.39 is 0 Å². The Morgan fingerprint density at radius 3 is 1.88 bits per heavy atom. The highest BCUT2D eigenvalue weighted by molar-refractivity contribution is 7.86. The maximum atomic E-state index is 7.26. The van der Waals surface area contributed by atoms with Gasteiger partial charge in [0.05, 0.1) is 0 Å². The van der Waals surface area contributed by atoms with Gasteiger partial charge < -0.3 is 0 Å². The van der Waals surface area contributed by atoms with Crippen LogP contribution in [-0.4, -0.2) is 11.5 Å². The van der Waals surface area contributed by atoms with Crippen molar-refractivity contribution in [2.75, 3.05) is 11.5 Å². The molecular formula is C6H11NS. The van der Waals surface area contributed by atoms with E-state index in [1.165, 1.54) is 0 Å². The fourth-order valence-electron chi connectivity index (χ4n) is 0.353. The van der Waals surface area contributed by atoms with Gasteiger partial charge in [0, 0.05) is 11.5 Å². The van der Waals surface area contributed by atoms with E-state index in [0.29, 0.717) is 0 Å². The number of hydrogen-bond donors (Lipinski definition) is 1. The minimum atomic E-state index is -0.256. The topological polar surface area (TPSA) is 23.9 Å². The molecule has 0 heterocycles. The van der Waals surface area contributed by atoms with Crippen LogP contribution >= 0.6 is 0 Å². The van der Waals surface area contributed by atoms with E-state index in [0.717, 1.165) is 11.5 Å². The Balaban J connectivity index is 3.32. The Bertz CT molecular complexity index is 95.1. The van der Waals surface area contributed by atoms with Crippen LogP contribution in [0.2, 0.25) is 0 Å². The monoisotopic (exact) mass is 129 g/mol. The Kier molecular flexibility index (Phi) is 4.56. The van der Waals surface area contributed by atoms with Crippen LogP contribution in [0, 0.1) is 4.78 Å². The highest BCUT2D eigenvalue weighted by atomic mass is 32.2. The molecule has 0 aliphatic heterocycles. The molecule has 0 spiro atoms. The molecule has 0 fully saturated rings. The average Bonchev–Trinajstić information content (AvgIpc) is 1.68. The molecule has 0 bridgehead atoms. The van der Waals surface area contributed by atoms with Crippen LogP contribution in [0.15, 0.2) is 25.3 Å². The highest BCUT2D eigenvalue weighted by Crippen LogP contribution is 1.83. The predicted octanol–water partition coefficient (Wildman–Crippen LogP) is 1.74. The highest BCUT2D eigenvalue weighted by Gasteiger charge is 1.82. The number of hydrogen-bond acceptors (Lipinski definition) is 1. The summed E-state index contributed by atoms with van der Waals surface area (Å²) in [6.07, 6.45) is 3.55. The van der Waals surface area contributed by atoms with Crippen molar-refractivity contribution in [3.8, 4) is 0 Å². The number of nitrogens with one attached hydrogen (secondary N) is 1. The second kappa shape index (κ2) is 4.78. The van der Waals surface area contributed by atoms with Crippen LogP contribution in [0.3, 0.4) is 0 Å². The summed E-state index contributed by atoms with van der Waals surface area (Å²) in [5, 5.41) is 0. The maximum absolute atomic E-state index is 7.26. The van der Waals surface area contributed by atoms with Gasteiger partial charge in [-0.3, -0.25) is 4.78 Å². The van der Waals surface area contributed by atoms with Crippen LogP contribution in [0.5, 0.6) is 0 Å². The van der Waals surface area contributed by atoms with Crippen molar-refractivity contribution < 1.29 is 0 Å². The molecule has 0 atom stereocenters. The lowest BCUT2D eigenvalue weighted by molar-refractivity contribution is 1.56. The fraction of sp³-hybridized carbons (Fsp3) is 0.333. The smallest absolute Gasteiger partial charge is 0.0219 e. The summed E-state index contributed by atoms with van der Waals surface area (Å²) in [6.45, 7) is 7.07. The normalized spacial score (nSPS) is 9.12. The molecule has 2 heteroatoms. The molecule has 0 aromatic rings. The van der Waals surface area contributed by atoms with Crippen LogP contribution in [0.1, 0.15) is 0 Å². The Morgan fingerprint density at radius 1 is 1.25 bits per heavy atom. The third-order valence-electron chi connectivity index (χ3n) is 0.638. The van der Waals surface area contributed by atoms with E-state index in [-0.39, 0.29) is 10.7 Å². The largest absolute Gasteiger partial charge is 0.280 e. The van der Waals surface area contributed by atoms with Gasteiger partial charge in [0.15, 0.2) is 0 Å². The van der Waals surface area contributed by atoms with E-state index in [1.807, 2.05) is 0 Å². The van der Waals surface area contributed by atoms with Crippen molar-refractivity contribution in [1.29, 1.82) is 4.78 Å². The van der Waals surface area contributed by atoms with E-state index >= 15 is 0 Å². The zero-order valence-electron chi connectivity index (χ0n) is 4.89. The molecule has 0 aromatic heterocycles. The number of rotatable bonds is 4. The molecule has 0 unspecified atom stereocenters. The Hall–Kier alpha value is -0.370. The van der Waals surface area contributed by atoms with Gasteiger partial charge in [-0.1, -0.05) is 22.8 Å². The van der Waals surface area contributed by atoms with Crippen molar-refractivity contribution in [2.24, 2.45) is 0 Å². The van der Waals surface area contributed by atoms with Crippen molar-refractivity contribution in [2.45, 2.75) is 0 Å². The first-order chi connectivity index (χ1) is 3.81. The molecule has 8 heavy (non-hydrogen) atoms. The predicted molar refractivity (Wildman–Crippen MR) is 40.2 cm³/mol. The molecule has 1 N–H and O–H groups in total. The van der Waals surface area contributed by atoms with E-state index in [9.17, 15) is 0 Å². The first-order valence-electron chi connectivity index (χ1n) is 2.41. The lowest BCUT2D eigenvalue weighted by Gasteiger charge is -1.92. The second-order valence-corrected chi connectivity index (χ2v) is 3.06. The zero-order valence-corrected chi connectivity index (χ0v) is 5.71. The SMILES string of the molecule is C=CCS(=N)CC=C. The van der Waals surface area contributed by atoms with Gasteiger partial charge in [0.25, 0.3) is 0 Å². The standard InChI is InChI=1S/C6H11NS/c1-3-5-8(7)6-4-2/h3-4,7H,1-2,5-6H2. The molecule has 0 rings (SSSR count). The van der Waals surface area contributed by atoms with Crippen LogP contribution < -0.4 is 0 Å².